The van der Waals surface area contributed by atoms with E-state index in [4.69, 9.17) is 10.5 Å². The lowest BCUT2D eigenvalue weighted by Crippen LogP contribution is -2.13. The third-order valence-electron chi connectivity index (χ3n) is 5.99. The smallest absolute Gasteiger partial charge is 0.255 e. The molecule has 34 heavy (non-hydrogen) atoms. The number of nitrogens with one attached hydrogen (secondary N) is 1. The lowest BCUT2D eigenvalue weighted by molar-refractivity contribution is 0.102. The third kappa shape index (κ3) is 4.91. The molecule has 170 valence electrons. The van der Waals surface area contributed by atoms with Crippen LogP contribution in [0, 0.1) is 0 Å². The van der Waals surface area contributed by atoms with Gasteiger partial charge in [-0.15, -0.1) is 0 Å². The number of carbonyl (C=O) groups excluding carboxylic acids is 1. The van der Waals surface area contributed by atoms with Crippen LogP contribution in [0.1, 0.15) is 53.3 Å². The van der Waals surface area contributed by atoms with E-state index in [1.807, 2.05) is 67.6 Å². The molecule has 1 aliphatic rings. The van der Waals surface area contributed by atoms with E-state index in [1.165, 1.54) is 18.4 Å². The van der Waals surface area contributed by atoms with Crippen molar-refractivity contribution in [2.75, 3.05) is 11.1 Å². The first-order valence-corrected chi connectivity index (χ1v) is 11.4. The van der Waals surface area contributed by atoms with Crippen molar-refractivity contribution in [2.45, 2.75) is 31.8 Å². The number of anilines is 2. The van der Waals surface area contributed by atoms with Crippen LogP contribution in [0.2, 0.25) is 0 Å². The van der Waals surface area contributed by atoms with E-state index in [1.54, 1.807) is 18.6 Å². The highest BCUT2D eigenvalue weighted by molar-refractivity contribution is 6.04. The minimum absolute atomic E-state index is 0.120. The van der Waals surface area contributed by atoms with Gasteiger partial charge in [-0.25, -0.2) is 4.98 Å². The molecule has 0 aliphatic heterocycles. The average Bonchev–Trinajstić information content (AvgIpc) is 3.72. The van der Waals surface area contributed by atoms with Gasteiger partial charge in [0.15, 0.2) is 11.6 Å². The molecule has 6 heteroatoms. The SMILES string of the molecule is C[C@@H](Oc1cc(-c2cccnc2)cnc1N)c1cccc(NC(=O)c2cccc(C3CC3)c2)c1. The van der Waals surface area contributed by atoms with Crippen molar-refractivity contribution >= 4 is 17.4 Å². The molecular formula is C28H26N4O2. The molecule has 0 radical (unpaired) electrons. The molecule has 4 aromatic rings. The van der Waals surface area contributed by atoms with Crippen LogP contribution in [0.25, 0.3) is 11.1 Å². The summed E-state index contributed by atoms with van der Waals surface area (Å²) in [6, 6.07) is 21.2. The average molecular weight is 451 g/mol. The highest BCUT2D eigenvalue weighted by Crippen LogP contribution is 2.40. The van der Waals surface area contributed by atoms with E-state index in [-0.39, 0.29) is 12.0 Å². The molecule has 0 unspecified atom stereocenters. The van der Waals surface area contributed by atoms with Crippen LogP contribution in [0.15, 0.2) is 85.3 Å². The number of pyridine rings is 2. The number of rotatable bonds is 7. The Balaban J connectivity index is 1.30. The number of nitrogens with zero attached hydrogens (tertiary/aromatic N) is 2. The van der Waals surface area contributed by atoms with Crippen molar-refractivity contribution in [3.63, 3.8) is 0 Å². The summed E-state index contributed by atoms with van der Waals surface area (Å²) in [6.07, 6.45) is 7.31. The van der Waals surface area contributed by atoms with Gasteiger partial charge in [0.2, 0.25) is 0 Å². The summed E-state index contributed by atoms with van der Waals surface area (Å²) in [5.74, 6) is 1.30. The topological polar surface area (TPSA) is 90.1 Å². The Morgan fingerprint density at radius 1 is 1.03 bits per heavy atom. The summed E-state index contributed by atoms with van der Waals surface area (Å²) < 4.78 is 6.17. The predicted octanol–water partition coefficient (Wildman–Crippen LogP) is 6.00. The summed E-state index contributed by atoms with van der Waals surface area (Å²) in [7, 11) is 0. The molecule has 2 heterocycles. The van der Waals surface area contributed by atoms with Crippen LogP contribution < -0.4 is 15.8 Å². The van der Waals surface area contributed by atoms with E-state index < -0.39 is 0 Å². The van der Waals surface area contributed by atoms with E-state index in [0.29, 0.717) is 28.7 Å². The Bertz CT molecular complexity index is 1320. The summed E-state index contributed by atoms with van der Waals surface area (Å²) in [5, 5.41) is 3.01. The van der Waals surface area contributed by atoms with Crippen molar-refractivity contribution in [1.29, 1.82) is 0 Å². The summed E-state index contributed by atoms with van der Waals surface area (Å²) in [4.78, 5) is 21.3. The van der Waals surface area contributed by atoms with Gasteiger partial charge < -0.3 is 15.8 Å². The first kappa shape index (κ1) is 21.6. The highest BCUT2D eigenvalue weighted by Gasteiger charge is 2.24. The molecule has 6 nitrogen and oxygen atoms in total. The molecule has 1 amide bonds. The maximum Gasteiger partial charge on any atom is 0.255 e. The largest absolute Gasteiger partial charge is 0.482 e. The van der Waals surface area contributed by atoms with Gasteiger partial charge in [0.1, 0.15) is 6.10 Å². The zero-order valence-corrected chi connectivity index (χ0v) is 18.9. The number of amides is 1. The van der Waals surface area contributed by atoms with Gasteiger partial charge in [0.05, 0.1) is 0 Å². The van der Waals surface area contributed by atoms with Crippen LogP contribution in [0.5, 0.6) is 5.75 Å². The fraction of sp³-hybridized carbons (Fsp3) is 0.179. The molecular weight excluding hydrogens is 424 g/mol. The highest BCUT2D eigenvalue weighted by atomic mass is 16.5. The summed E-state index contributed by atoms with van der Waals surface area (Å²) in [5.41, 5.74) is 11.4. The number of carbonyl (C=O) groups is 1. The van der Waals surface area contributed by atoms with Gasteiger partial charge in [-0.2, -0.15) is 0 Å². The number of ether oxygens (including phenoxy) is 1. The summed E-state index contributed by atoms with van der Waals surface area (Å²) >= 11 is 0. The van der Waals surface area contributed by atoms with Crippen LogP contribution in [0.4, 0.5) is 11.5 Å². The second kappa shape index (κ2) is 9.35. The number of hydrogen-bond acceptors (Lipinski definition) is 5. The minimum Gasteiger partial charge on any atom is -0.482 e. The van der Waals surface area contributed by atoms with Crippen molar-refractivity contribution < 1.29 is 9.53 Å². The molecule has 1 saturated carbocycles. The number of hydrogen-bond donors (Lipinski definition) is 2. The van der Waals surface area contributed by atoms with Crippen molar-refractivity contribution in [3.8, 4) is 16.9 Å². The molecule has 0 bridgehead atoms. The van der Waals surface area contributed by atoms with Gasteiger partial charge in [-0.05, 0) is 73.2 Å². The fourth-order valence-corrected chi connectivity index (χ4v) is 3.92. The Kier molecular flexibility index (Phi) is 5.95. The number of nitrogens with two attached hydrogens (primary N) is 1. The van der Waals surface area contributed by atoms with Gasteiger partial charge >= 0.3 is 0 Å². The van der Waals surface area contributed by atoms with Crippen LogP contribution >= 0.6 is 0 Å². The lowest BCUT2D eigenvalue weighted by atomic mass is 10.1. The van der Waals surface area contributed by atoms with E-state index in [9.17, 15) is 4.79 Å². The number of benzene rings is 2. The van der Waals surface area contributed by atoms with Gasteiger partial charge in [-0.3, -0.25) is 9.78 Å². The maximum absolute atomic E-state index is 12.8. The molecule has 3 N–H and O–H groups in total. The summed E-state index contributed by atoms with van der Waals surface area (Å²) in [6.45, 7) is 1.94. The zero-order valence-electron chi connectivity index (χ0n) is 18.9. The maximum atomic E-state index is 12.8. The molecule has 0 saturated heterocycles. The molecule has 1 fully saturated rings. The second-order valence-electron chi connectivity index (χ2n) is 8.59. The van der Waals surface area contributed by atoms with E-state index in [0.717, 1.165) is 16.7 Å². The van der Waals surface area contributed by atoms with Gasteiger partial charge in [0, 0.05) is 41.0 Å². The standard InChI is InChI=1S/C28H26N4O2/c1-18(34-26-15-24(17-31-27(26)29)23-8-4-12-30-16-23)20-5-3-9-25(14-20)32-28(33)22-7-2-6-21(13-22)19-10-11-19/h2-9,12-19H,10-11H2,1H3,(H2,29,31)(H,32,33)/t18-/m1/s1. The van der Waals surface area contributed by atoms with Gasteiger partial charge in [0.25, 0.3) is 5.91 Å². The molecule has 1 atom stereocenters. The quantitative estimate of drug-likeness (QED) is 0.361. The zero-order chi connectivity index (χ0) is 23.5. The normalized spacial score (nSPS) is 13.8. The first-order valence-electron chi connectivity index (χ1n) is 11.4. The third-order valence-corrected chi connectivity index (χ3v) is 5.99. The van der Waals surface area contributed by atoms with Gasteiger partial charge in [-0.1, -0.05) is 30.3 Å². The molecule has 2 aromatic carbocycles. The van der Waals surface area contributed by atoms with Crippen LogP contribution in [-0.4, -0.2) is 15.9 Å². The molecule has 1 aliphatic carbocycles. The second-order valence-corrected chi connectivity index (χ2v) is 8.59. The van der Waals surface area contributed by atoms with Crippen LogP contribution in [0.3, 0.4) is 0 Å². The number of nitrogen functional groups attached to an aromatic ring is 1. The Morgan fingerprint density at radius 2 is 1.88 bits per heavy atom. The van der Waals surface area contributed by atoms with E-state index in [2.05, 4.69) is 21.4 Å². The fourth-order valence-electron chi connectivity index (χ4n) is 3.92. The van der Waals surface area contributed by atoms with Crippen molar-refractivity contribution in [2.24, 2.45) is 0 Å². The number of aromatic nitrogens is 2. The first-order chi connectivity index (χ1) is 16.6. The predicted molar refractivity (Wildman–Crippen MR) is 134 cm³/mol. The Labute approximate surface area is 198 Å². The Morgan fingerprint density at radius 3 is 2.68 bits per heavy atom. The van der Waals surface area contributed by atoms with Crippen molar-refractivity contribution in [1.82, 2.24) is 9.97 Å². The Hall–Kier alpha value is -4.19. The lowest BCUT2D eigenvalue weighted by Gasteiger charge is -2.18. The van der Waals surface area contributed by atoms with Crippen molar-refractivity contribution in [3.05, 3.63) is 102 Å². The molecule has 2 aromatic heterocycles. The molecule has 5 rings (SSSR count). The molecule has 0 spiro atoms. The minimum atomic E-state index is -0.303. The monoisotopic (exact) mass is 450 g/mol. The van der Waals surface area contributed by atoms with E-state index >= 15 is 0 Å². The van der Waals surface area contributed by atoms with Crippen LogP contribution in [-0.2, 0) is 0 Å².